The first-order valence-electron chi connectivity index (χ1n) is 16.4. The summed E-state index contributed by atoms with van der Waals surface area (Å²) in [6.07, 6.45) is 5.89. The van der Waals surface area contributed by atoms with E-state index in [0.29, 0.717) is 37.6 Å². The van der Waals surface area contributed by atoms with Gasteiger partial charge in [-0.25, -0.2) is 26.7 Å². The van der Waals surface area contributed by atoms with Crippen molar-refractivity contribution in [3.63, 3.8) is 0 Å². The Morgan fingerprint density at radius 3 is 2.60 bits per heavy atom. The van der Waals surface area contributed by atoms with Gasteiger partial charge in [-0.3, -0.25) is 0 Å². The molecule has 3 aliphatic carbocycles. The second-order valence-corrected chi connectivity index (χ2v) is 15.6. The molecule has 4 N–H and O–H groups in total. The summed E-state index contributed by atoms with van der Waals surface area (Å²) in [6, 6.07) is 3.65. The molecule has 0 aromatic heterocycles. The zero-order valence-corrected chi connectivity index (χ0v) is 27.0. The summed E-state index contributed by atoms with van der Waals surface area (Å²) in [5.41, 5.74) is -0.245. The highest BCUT2D eigenvalue weighted by molar-refractivity contribution is 7.90. The molecule has 0 saturated heterocycles. The average Bonchev–Trinajstić information content (AvgIpc) is 3.44. The van der Waals surface area contributed by atoms with Crippen molar-refractivity contribution in [3.8, 4) is 0 Å². The largest absolute Gasteiger partial charge is 0.393 e. The van der Waals surface area contributed by atoms with Crippen LogP contribution in [0, 0.1) is 52.7 Å². The number of carbonyl (C=O) groups is 1. The van der Waals surface area contributed by atoms with Gasteiger partial charge in [0.2, 0.25) is 0 Å². The molecule has 4 rings (SSSR count). The average molecular weight is 627 g/mol. The first-order valence-corrected chi connectivity index (χ1v) is 17.9. The molecule has 0 radical (unpaired) electrons. The molecule has 0 spiro atoms. The van der Waals surface area contributed by atoms with Crippen molar-refractivity contribution in [2.45, 2.75) is 115 Å². The van der Waals surface area contributed by atoms with Gasteiger partial charge in [0.15, 0.2) is 0 Å². The van der Waals surface area contributed by atoms with Crippen molar-refractivity contribution in [2.75, 3.05) is 6.54 Å². The van der Waals surface area contributed by atoms with E-state index in [1.54, 1.807) is 0 Å². The number of sulfonamides is 1. The van der Waals surface area contributed by atoms with Crippen molar-refractivity contribution >= 4 is 16.1 Å². The maximum atomic E-state index is 15.7. The number of urea groups is 1. The zero-order valence-electron chi connectivity index (χ0n) is 26.1. The lowest BCUT2D eigenvalue weighted by Gasteiger charge is -2.61. The van der Waals surface area contributed by atoms with Crippen molar-refractivity contribution in [1.29, 1.82) is 0 Å². The fourth-order valence-electron chi connectivity index (χ4n) is 9.19. The molecule has 0 bridgehead atoms. The predicted octanol–water partition coefficient (Wildman–Crippen LogP) is 6.19. The molecule has 7 nitrogen and oxygen atoms in total. The smallest absolute Gasteiger partial charge is 0.328 e. The maximum absolute atomic E-state index is 15.7. The third kappa shape index (κ3) is 7.22. The van der Waals surface area contributed by atoms with Gasteiger partial charge in [0.1, 0.15) is 12.0 Å². The summed E-state index contributed by atoms with van der Waals surface area (Å²) in [6.45, 7) is 8.90. The SMILES string of the molecule is CCCCC1C(C2CCC([C@H](C)CCNC(=O)NS(=O)(=O)c3cccc(F)c3)C2)[C@H](O)[C@H](CC)[C@@H]2[C@@H](F)[C@H](O)CC[C@]12C. The molecule has 43 heavy (non-hydrogen) atoms. The molecule has 0 aliphatic heterocycles. The topological polar surface area (TPSA) is 116 Å². The van der Waals surface area contributed by atoms with E-state index in [9.17, 15) is 27.8 Å². The van der Waals surface area contributed by atoms with Gasteiger partial charge < -0.3 is 15.5 Å². The van der Waals surface area contributed by atoms with Crippen LogP contribution in [-0.4, -0.2) is 49.6 Å². The Bertz CT molecular complexity index is 1200. The number of nitrogens with one attached hydrogen (secondary N) is 2. The number of fused-ring (bicyclic) bond motifs is 1. The fourth-order valence-corrected chi connectivity index (χ4v) is 10.1. The molecule has 4 unspecified atom stereocenters. The standard InChI is InChI=1S/C33H52F2N2O5S/c1-5-7-11-26-28(31(39)25(6-2)29-30(35)27(38)14-16-33(26,29)4)22-13-12-21(18-22)20(3)15-17-36-32(40)37-43(41,42)24-10-8-9-23(34)19-24/h8-10,19-22,25-31,38-39H,5-7,11-18H2,1-4H3,(H2,36,37,40)/t20-,21?,22?,25-,26?,27-,28?,29-,30+,31-,33-/m1/s1. The molecule has 3 saturated carbocycles. The highest BCUT2D eigenvalue weighted by Gasteiger charge is 2.62. The van der Waals surface area contributed by atoms with Crippen LogP contribution in [0.4, 0.5) is 13.6 Å². The number of carbonyl (C=O) groups excluding carboxylic acids is 1. The van der Waals surface area contributed by atoms with Gasteiger partial charge in [-0.2, -0.15) is 0 Å². The van der Waals surface area contributed by atoms with Gasteiger partial charge in [0.25, 0.3) is 10.0 Å². The Hall–Kier alpha value is -1.78. The van der Waals surface area contributed by atoms with Crippen molar-refractivity contribution in [1.82, 2.24) is 10.0 Å². The number of unbranched alkanes of at least 4 members (excludes halogenated alkanes) is 1. The lowest BCUT2D eigenvalue weighted by molar-refractivity contribution is -0.200. The highest BCUT2D eigenvalue weighted by atomic mass is 32.2. The number of alkyl halides is 1. The molecule has 3 fully saturated rings. The Kier molecular flexibility index (Phi) is 11.2. The van der Waals surface area contributed by atoms with E-state index < -0.39 is 40.3 Å². The van der Waals surface area contributed by atoms with E-state index in [4.69, 9.17) is 0 Å². The monoisotopic (exact) mass is 626 g/mol. The number of amides is 2. The Labute approximate surface area is 256 Å². The van der Waals surface area contributed by atoms with Crippen LogP contribution in [0.5, 0.6) is 0 Å². The Balaban J connectivity index is 1.38. The summed E-state index contributed by atoms with van der Waals surface area (Å²) in [4.78, 5) is 12.0. The van der Waals surface area contributed by atoms with E-state index in [0.717, 1.165) is 57.1 Å². The Morgan fingerprint density at radius 2 is 1.93 bits per heavy atom. The van der Waals surface area contributed by atoms with Crippen molar-refractivity contribution < 1.29 is 32.2 Å². The first kappa shape index (κ1) is 34.1. The van der Waals surface area contributed by atoms with Crippen molar-refractivity contribution in [3.05, 3.63) is 30.1 Å². The minimum absolute atomic E-state index is 0.106. The third-order valence-electron chi connectivity index (χ3n) is 11.5. The normalized spacial score (nSPS) is 37.0. The summed E-state index contributed by atoms with van der Waals surface area (Å²) in [7, 11) is -4.18. The number of aliphatic hydroxyl groups is 2. The molecular formula is C33H52F2N2O5S. The van der Waals surface area contributed by atoms with Crippen LogP contribution in [0.2, 0.25) is 0 Å². The number of benzene rings is 1. The number of rotatable bonds is 11. The minimum atomic E-state index is -4.18. The fraction of sp³-hybridized carbons (Fsp3) is 0.788. The van der Waals surface area contributed by atoms with Crippen molar-refractivity contribution in [2.24, 2.45) is 46.8 Å². The zero-order chi connectivity index (χ0) is 31.5. The predicted molar refractivity (Wildman–Crippen MR) is 163 cm³/mol. The molecule has 2 amide bonds. The lowest BCUT2D eigenvalue weighted by Crippen LogP contribution is -2.62. The van der Waals surface area contributed by atoms with E-state index in [2.05, 4.69) is 26.1 Å². The molecule has 1 aromatic rings. The molecule has 3 aliphatic rings. The number of halogens is 2. The van der Waals surface area contributed by atoms with Crippen LogP contribution in [0.15, 0.2) is 29.2 Å². The molecule has 244 valence electrons. The van der Waals surface area contributed by atoms with Crippen LogP contribution in [0.3, 0.4) is 0 Å². The van der Waals surface area contributed by atoms with Gasteiger partial charge in [-0.15, -0.1) is 0 Å². The van der Waals surface area contributed by atoms with Gasteiger partial charge in [-0.05, 0) is 104 Å². The van der Waals surface area contributed by atoms with Gasteiger partial charge in [0.05, 0.1) is 17.1 Å². The van der Waals surface area contributed by atoms with Gasteiger partial charge in [-0.1, -0.05) is 53.0 Å². The van der Waals surface area contributed by atoms with Crippen LogP contribution in [0.1, 0.15) is 91.9 Å². The molecular weight excluding hydrogens is 574 g/mol. The van der Waals surface area contributed by atoms with Crippen LogP contribution in [-0.2, 0) is 10.0 Å². The Morgan fingerprint density at radius 1 is 1.19 bits per heavy atom. The summed E-state index contributed by atoms with van der Waals surface area (Å²) in [5.74, 6) is 0.164. The lowest BCUT2D eigenvalue weighted by atomic mass is 9.45. The quantitative estimate of drug-likeness (QED) is 0.234. The second kappa shape index (κ2) is 14.1. The third-order valence-corrected chi connectivity index (χ3v) is 12.8. The molecule has 11 atom stereocenters. The van der Waals surface area contributed by atoms with Crippen LogP contribution < -0.4 is 10.0 Å². The van der Waals surface area contributed by atoms with E-state index >= 15 is 4.39 Å². The first-order chi connectivity index (χ1) is 20.3. The maximum Gasteiger partial charge on any atom is 0.328 e. The molecule has 0 heterocycles. The van der Waals surface area contributed by atoms with Gasteiger partial charge >= 0.3 is 6.03 Å². The summed E-state index contributed by atoms with van der Waals surface area (Å²) < 4.78 is 55.9. The summed E-state index contributed by atoms with van der Waals surface area (Å²) in [5, 5.41) is 24.9. The van der Waals surface area contributed by atoms with Crippen LogP contribution >= 0.6 is 0 Å². The molecule has 10 heteroatoms. The number of aliphatic hydroxyl groups excluding tert-OH is 2. The van der Waals surface area contributed by atoms with E-state index in [1.807, 2.05) is 11.6 Å². The number of hydrogen-bond donors (Lipinski definition) is 4. The minimum Gasteiger partial charge on any atom is -0.393 e. The van der Waals surface area contributed by atoms with Crippen LogP contribution in [0.25, 0.3) is 0 Å². The van der Waals surface area contributed by atoms with E-state index in [-0.39, 0.29) is 39.9 Å². The summed E-state index contributed by atoms with van der Waals surface area (Å²) >= 11 is 0. The molecule has 1 aromatic carbocycles. The van der Waals surface area contributed by atoms with Gasteiger partial charge in [0, 0.05) is 12.5 Å². The highest BCUT2D eigenvalue weighted by Crippen LogP contribution is 2.63. The number of hydrogen-bond acceptors (Lipinski definition) is 5. The second-order valence-electron chi connectivity index (χ2n) is 13.9. The van der Waals surface area contributed by atoms with E-state index in [1.165, 1.54) is 12.1 Å².